The van der Waals surface area contributed by atoms with Gasteiger partial charge >= 0.3 is 0 Å². The number of hydrogen-bond donors (Lipinski definition) is 0. The van der Waals surface area contributed by atoms with E-state index in [9.17, 15) is 0 Å². The van der Waals surface area contributed by atoms with Crippen molar-refractivity contribution in [3.8, 4) is 0 Å². The van der Waals surface area contributed by atoms with Crippen LogP contribution in [0.1, 0.15) is 11.1 Å². The van der Waals surface area contributed by atoms with Crippen molar-refractivity contribution in [2.24, 2.45) is 0 Å². The van der Waals surface area contributed by atoms with E-state index in [1.165, 1.54) is 21.9 Å². The van der Waals surface area contributed by atoms with E-state index in [0.717, 1.165) is 26.2 Å². The van der Waals surface area contributed by atoms with Gasteiger partial charge in [-0.3, -0.25) is 4.90 Å². The molecule has 2 heteroatoms. The van der Waals surface area contributed by atoms with Gasteiger partial charge < -0.3 is 4.90 Å². The molecule has 0 amide bonds. The van der Waals surface area contributed by atoms with Crippen molar-refractivity contribution < 1.29 is 0 Å². The molecule has 2 nitrogen and oxygen atoms in total. The second-order valence-corrected chi connectivity index (χ2v) is 6.64. The Kier molecular flexibility index (Phi) is 5.63. The lowest BCUT2D eigenvalue weighted by atomic mass is 10.0. The maximum absolute atomic E-state index is 2.54. The molecule has 0 N–H and O–H groups in total. The van der Waals surface area contributed by atoms with Crippen LogP contribution in [0.4, 0.5) is 0 Å². The molecule has 0 radical (unpaired) electrons. The van der Waals surface area contributed by atoms with E-state index < -0.39 is 0 Å². The molecule has 3 aromatic carbocycles. The van der Waals surface area contributed by atoms with Crippen molar-refractivity contribution in [1.82, 2.24) is 9.80 Å². The van der Waals surface area contributed by atoms with Crippen molar-refractivity contribution in [3.05, 3.63) is 83.9 Å². The summed E-state index contributed by atoms with van der Waals surface area (Å²) in [5.41, 5.74) is 2.78. The first kappa shape index (κ1) is 16.7. The van der Waals surface area contributed by atoms with Crippen molar-refractivity contribution in [3.63, 3.8) is 0 Å². The number of fused-ring (bicyclic) bond motifs is 1. The van der Waals surface area contributed by atoms with E-state index in [4.69, 9.17) is 0 Å². The molecule has 24 heavy (non-hydrogen) atoms. The van der Waals surface area contributed by atoms with E-state index in [1.807, 2.05) is 0 Å². The van der Waals surface area contributed by atoms with Crippen molar-refractivity contribution in [2.75, 3.05) is 27.2 Å². The molecule has 0 saturated carbocycles. The molecule has 0 atom stereocenters. The Hall–Kier alpha value is -2.16. The molecule has 0 fully saturated rings. The van der Waals surface area contributed by atoms with Gasteiger partial charge in [-0.15, -0.1) is 0 Å². The van der Waals surface area contributed by atoms with Gasteiger partial charge in [0.05, 0.1) is 0 Å². The van der Waals surface area contributed by atoms with Crippen molar-refractivity contribution in [1.29, 1.82) is 0 Å². The summed E-state index contributed by atoms with van der Waals surface area (Å²) in [4.78, 5) is 4.79. The third-order valence-electron chi connectivity index (χ3n) is 4.39. The first-order valence-corrected chi connectivity index (χ1v) is 8.60. The highest BCUT2D eigenvalue weighted by Gasteiger charge is 2.10. The average molecular weight is 318 g/mol. The molecule has 3 aromatic rings. The molecule has 0 aromatic heterocycles. The standard InChI is InChI=1S/C22H26N2/c1-23(2)15-16-24(17-19-9-4-3-5-10-19)18-21-13-8-12-20-11-6-7-14-22(20)21/h3-14H,15-18H2,1-2H3. The monoisotopic (exact) mass is 318 g/mol. The van der Waals surface area contributed by atoms with Crippen LogP contribution in [0.5, 0.6) is 0 Å². The molecule has 0 unspecified atom stereocenters. The van der Waals surface area contributed by atoms with Gasteiger partial charge in [-0.1, -0.05) is 72.8 Å². The predicted molar refractivity (Wildman–Crippen MR) is 103 cm³/mol. The Labute approximate surface area is 145 Å². The molecule has 0 aliphatic heterocycles. The van der Waals surface area contributed by atoms with E-state index in [1.54, 1.807) is 0 Å². The van der Waals surface area contributed by atoms with Gasteiger partial charge in [-0.2, -0.15) is 0 Å². The topological polar surface area (TPSA) is 6.48 Å². The minimum Gasteiger partial charge on any atom is -0.308 e. The first-order chi connectivity index (χ1) is 11.7. The third kappa shape index (κ3) is 4.44. The summed E-state index contributed by atoms with van der Waals surface area (Å²) in [6, 6.07) is 26.1. The van der Waals surface area contributed by atoms with Gasteiger partial charge in [0.2, 0.25) is 0 Å². The fraction of sp³-hybridized carbons (Fsp3) is 0.273. The molecule has 0 bridgehead atoms. The smallest absolute Gasteiger partial charge is 0.0243 e. The first-order valence-electron chi connectivity index (χ1n) is 8.60. The Morgan fingerprint density at radius 1 is 0.667 bits per heavy atom. The molecule has 3 rings (SSSR count). The zero-order valence-electron chi connectivity index (χ0n) is 14.7. The van der Waals surface area contributed by atoms with Crippen LogP contribution in [-0.2, 0) is 13.1 Å². The fourth-order valence-electron chi connectivity index (χ4n) is 3.07. The number of hydrogen-bond acceptors (Lipinski definition) is 2. The Bertz CT molecular complexity index is 760. The quantitative estimate of drug-likeness (QED) is 0.637. The predicted octanol–water partition coefficient (Wildman–Crippen LogP) is 4.40. The van der Waals surface area contributed by atoms with Crippen molar-refractivity contribution >= 4 is 10.8 Å². The largest absolute Gasteiger partial charge is 0.308 e. The van der Waals surface area contributed by atoms with Crippen LogP contribution < -0.4 is 0 Å². The van der Waals surface area contributed by atoms with Gasteiger partial charge in [-0.25, -0.2) is 0 Å². The van der Waals surface area contributed by atoms with Gasteiger partial charge in [-0.05, 0) is 36.0 Å². The van der Waals surface area contributed by atoms with Crippen LogP contribution in [0.25, 0.3) is 10.8 Å². The second-order valence-electron chi connectivity index (χ2n) is 6.64. The van der Waals surface area contributed by atoms with Gasteiger partial charge in [0.15, 0.2) is 0 Å². The number of likely N-dealkylation sites (N-methyl/N-ethyl adjacent to an activating group) is 1. The van der Waals surface area contributed by atoms with Gasteiger partial charge in [0.25, 0.3) is 0 Å². The number of rotatable bonds is 7. The summed E-state index contributed by atoms with van der Waals surface area (Å²) < 4.78 is 0. The van der Waals surface area contributed by atoms with Crippen LogP contribution in [0.2, 0.25) is 0 Å². The molecule has 0 saturated heterocycles. The zero-order chi connectivity index (χ0) is 16.8. The summed E-state index contributed by atoms with van der Waals surface area (Å²) in [7, 11) is 4.28. The van der Waals surface area contributed by atoms with E-state index in [-0.39, 0.29) is 0 Å². The minimum atomic E-state index is 0.976. The van der Waals surface area contributed by atoms with Crippen LogP contribution in [0.3, 0.4) is 0 Å². The van der Waals surface area contributed by atoms with E-state index >= 15 is 0 Å². The lowest BCUT2D eigenvalue weighted by molar-refractivity contribution is 0.227. The highest BCUT2D eigenvalue weighted by atomic mass is 15.2. The van der Waals surface area contributed by atoms with Gasteiger partial charge in [0, 0.05) is 26.2 Å². The lowest BCUT2D eigenvalue weighted by Crippen LogP contribution is -2.31. The highest BCUT2D eigenvalue weighted by Crippen LogP contribution is 2.20. The molecule has 124 valence electrons. The Morgan fingerprint density at radius 3 is 2.17 bits per heavy atom. The molecule has 0 spiro atoms. The maximum atomic E-state index is 2.54. The van der Waals surface area contributed by atoms with Crippen LogP contribution in [-0.4, -0.2) is 37.0 Å². The Balaban J connectivity index is 1.82. The minimum absolute atomic E-state index is 0.976. The normalized spacial score (nSPS) is 11.5. The summed E-state index contributed by atoms with van der Waals surface area (Å²) >= 11 is 0. The Morgan fingerprint density at radius 2 is 1.38 bits per heavy atom. The van der Waals surface area contributed by atoms with Crippen LogP contribution in [0.15, 0.2) is 72.8 Å². The summed E-state index contributed by atoms with van der Waals surface area (Å²) in [5, 5.41) is 2.69. The van der Waals surface area contributed by atoms with Gasteiger partial charge in [0.1, 0.15) is 0 Å². The van der Waals surface area contributed by atoms with E-state index in [2.05, 4.69) is 96.7 Å². The van der Waals surface area contributed by atoms with Crippen molar-refractivity contribution in [2.45, 2.75) is 13.1 Å². The van der Waals surface area contributed by atoms with Crippen LogP contribution >= 0.6 is 0 Å². The third-order valence-corrected chi connectivity index (χ3v) is 4.39. The number of benzene rings is 3. The molecule has 0 aliphatic carbocycles. The summed E-state index contributed by atoms with van der Waals surface area (Å²) in [5.74, 6) is 0. The number of nitrogens with zero attached hydrogens (tertiary/aromatic N) is 2. The average Bonchev–Trinajstić information content (AvgIpc) is 2.61. The highest BCUT2D eigenvalue weighted by molar-refractivity contribution is 5.85. The summed E-state index contributed by atoms with van der Waals surface area (Å²) in [6.45, 7) is 4.09. The van der Waals surface area contributed by atoms with E-state index in [0.29, 0.717) is 0 Å². The maximum Gasteiger partial charge on any atom is 0.0243 e. The lowest BCUT2D eigenvalue weighted by Gasteiger charge is -2.25. The molecule has 0 heterocycles. The SMILES string of the molecule is CN(C)CCN(Cc1ccccc1)Cc1cccc2ccccc12. The fourth-order valence-corrected chi connectivity index (χ4v) is 3.07. The molecular formula is C22H26N2. The summed E-state index contributed by atoms with van der Waals surface area (Å²) in [6.07, 6.45) is 0. The zero-order valence-corrected chi connectivity index (χ0v) is 14.7. The second kappa shape index (κ2) is 8.09. The van der Waals surface area contributed by atoms with Crippen LogP contribution in [0, 0.1) is 0 Å². The molecule has 0 aliphatic rings. The molecular weight excluding hydrogens is 292 g/mol.